The van der Waals surface area contributed by atoms with Crippen molar-refractivity contribution < 1.29 is 9.59 Å². The van der Waals surface area contributed by atoms with Crippen LogP contribution in [-0.4, -0.2) is 42.9 Å². The number of nitrogens with one attached hydrogen (secondary N) is 1. The minimum absolute atomic E-state index is 0.0256. The molecule has 1 aromatic carbocycles. The number of hydrogen-bond donors (Lipinski definition) is 2. The van der Waals surface area contributed by atoms with Crippen LogP contribution in [0.2, 0.25) is 0 Å². The standard InChI is InChI=1S/C16H23N3O2/c17-16(21)14-7-10-19(11-8-14)12-15(20)18-9-6-13-4-2-1-3-5-13/h1-5,14H,6-12H2,(H2,17,21)(H,18,20). The van der Waals surface area contributed by atoms with Crippen LogP contribution in [0.5, 0.6) is 0 Å². The fraction of sp³-hybridized carbons (Fsp3) is 0.500. The first-order chi connectivity index (χ1) is 10.1. The number of hydrogen-bond acceptors (Lipinski definition) is 3. The van der Waals surface area contributed by atoms with E-state index in [1.54, 1.807) is 0 Å². The van der Waals surface area contributed by atoms with Gasteiger partial charge >= 0.3 is 0 Å². The largest absolute Gasteiger partial charge is 0.369 e. The number of nitrogens with two attached hydrogens (primary N) is 1. The van der Waals surface area contributed by atoms with Crippen molar-refractivity contribution in [1.82, 2.24) is 10.2 Å². The van der Waals surface area contributed by atoms with E-state index < -0.39 is 0 Å². The number of piperidine rings is 1. The van der Waals surface area contributed by atoms with Gasteiger partial charge in [0.2, 0.25) is 11.8 Å². The number of rotatable bonds is 6. The quantitative estimate of drug-likeness (QED) is 0.802. The van der Waals surface area contributed by atoms with E-state index in [0.29, 0.717) is 13.1 Å². The molecule has 0 aromatic heterocycles. The highest BCUT2D eigenvalue weighted by Crippen LogP contribution is 2.15. The first-order valence-corrected chi connectivity index (χ1v) is 7.47. The highest BCUT2D eigenvalue weighted by atomic mass is 16.2. The topological polar surface area (TPSA) is 75.4 Å². The second kappa shape index (κ2) is 7.78. The molecular weight excluding hydrogens is 266 g/mol. The summed E-state index contributed by atoms with van der Waals surface area (Å²) in [4.78, 5) is 25.0. The Balaban J connectivity index is 1.63. The maximum atomic E-state index is 11.9. The molecule has 0 aliphatic carbocycles. The van der Waals surface area contributed by atoms with Gasteiger partial charge in [0.15, 0.2) is 0 Å². The summed E-state index contributed by atoms with van der Waals surface area (Å²) in [5.41, 5.74) is 6.52. The van der Waals surface area contributed by atoms with Gasteiger partial charge in [-0.05, 0) is 37.9 Å². The van der Waals surface area contributed by atoms with Gasteiger partial charge in [-0.3, -0.25) is 14.5 Å². The van der Waals surface area contributed by atoms with Crippen LogP contribution in [0.1, 0.15) is 18.4 Å². The highest BCUT2D eigenvalue weighted by Gasteiger charge is 2.23. The Morgan fingerprint density at radius 3 is 2.48 bits per heavy atom. The number of nitrogens with zero attached hydrogens (tertiary/aromatic N) is 1. The van der Waals surface area contributed by atoms with Crippen molar-refractivity contribution in [3.05, 3.63) is 35.9 Å². The van der Waals surface area contributed by atoms with Crippen molar-refractivity contribution in [2.75, 3.05) is 26.2 Å². The smallest absolute Gasteiger partial charge is 0.234 e. The van der Waals surface area contributed by atoms with E-state index >= 15 is 0 Å². The van der Waals surface area contributed by atoms with E-state index in [9.17, 15) is 9.59 Å². The zero-order valence-corrected chi connectivity index (χ0v) is 12.3. The van der Waals surface area contributed by atoms with Crippen LogP contribution >= 0.6 is 0 Å². The predicted octanol–water partition coefficient (Wildman–Crippen LogP) is 0.543. The fourth-order valence-electron chi connectivity index (χ4n) is 2.63. The molecule has 0 atom stereocenters. The third-order valence-corrected chi connectivity index (χ3v) is 3.94. The molecular formula is C16H23N3O2. The van der Waals surface area contributed by atoms with Gasteiger partial charge in [0.1, 0.15) is 0 Å². The van der Waals surface area contributed by atoms with Crippen LogP contribution in [-0.2, 0) is 16.0 Å². The molecule has 2 rings (SSSR count). The Bertz CT molecular complexity index is 468. The summed E-state index contributed by atoms with van der Waals surface area (Å²) in [7, 11) is 0. The average Bonchev–Trinajstić information content (AvgIpc) is 2.49. The van der Waals surface area contributed by atoms with Crippen LogP contribution in [0.25, 0.3) is 0 Å². The Labute approximate surface area is 125 Å². The lowest BCUT2D eigenvalue weighted by molar-refractivity contribution is -0.124. The summed E-state index contributed by atoms with van der Waals surface area (Å²) in [5, 5.41) is 2.94. The number of carbonyl (C=O) groups is 2. The van der Waals surface area contributed by atoms with E-state index in [-0.39, 0.29) is 17.7 Å². The maximum absolute atomic E-state index is 11.9. The van der Waals surface area contributed by atoms with Crippen LogP contribution in [0, 0.1) is 5.92 Å². The Hall–Kier alpha value is -1.88. The predicted molar refractivity (Wildman–Crippen MR) is 81.5 cm³/mol. The van der Waals surface area contributed by atoms with Crippen molar-refractivity contribution in [2.24, 2.45) is 11.7 Å². The van der Waals surface area contributed by atoms with E-state index in [0.717, 1.165) is 32.4 Å². The number of carbonyl (C=O) groups excluding carboxylic acids is 2. The summed E-state index contributed by atoms with van der Waals surface area (Å²) in [6.07, 6.45) is 2.36. The molecule has 1 aromatic rings. The number of likely N-dealkylation sites (tertiary alicyclic amines) is 1. The Morgan fingerprint density at radius 1 is 1.19 bits per heavy atom. The molecule has 1 heterocycles. The molecule has 0 radical (unpaired) electrons. The second-order valence-electron chi connectivity index (χ2n) is 5.54. The van der Waals surface area contributed by atoms with Crippen molar-refractivity contribution >= 4 is 11.8 Å². The molecule has 1 aliphatic rings. The number of benzene rings is 1. The molecule has 5 heteroatoms. The molecule has 0 spiro atoms. The molecule has 3 N–H and O–H groups in total. The lowest BCUT2D eigenvalue weighted by atomic mass is 9.96. The molecule has 5 nitrogen and oxygen atoms in total. The first kappa shape index (κ1) is 15.5. The van der Waals surface area contributed by atoms with E-state index in [2.05, 4.69) is 22.3 Å². The van der Waals surface area contributed by atoms with Gasteiger partial charge in [-0.15, -0.1) is 0 Å². The van der Waals surface area contributed by atoms with Crippen LogP contribution in [0.4, 0.5) is 0 Å². The molecule has 1 saturated heterocycles. The highest BCUT2D eigenvalue weighted by molar-refractivity contribution is 5.78. The van der Waals surface area contributed by atoms with Gasteiger partial charge in [0.05, 0.1) is 6.54 Å². The summed E-state index contributed by atoms with van der Waals surface area (Å²) >= 11 is 0. The number of primary amides is 1. The number of amides is 2. The third-order valence-electron chi connectivity index (χ3n) is 3.94. The Morgan fingerprint density at radius 2 is 1.86 bits per heavy atom. The van der Waals surface area contributed by atoms with Gasteiger partial charge in [-0.1, -0.05) is 30.3 Å². The maximum Gasteiger partial charge on any atom is 0.234 e. The molecule has 2 amide bonds. The van der Waals surface area contributed by atoms with E-state index in [4.69, 9.17) is 5.73 Å². The average molecular weight is 289 g/mol. The van der Waals surface area contributed by atoms with E-state index in [1.165, 1.54) is 5.56 Å². The zero-order chi connectivity index (χ0) is 15.1. The molecule has 21 heavy (non-hydrogen) atoms. The normalized spacial score (nSPS) is 16.6. The fourth-order valence-corrected chi connectivity index (χ4v) is 2.63. The summed E-state index contributed by atoms with van der Waals surface area (Å²) in [6.45, 7) is 2.58. The Kier molecular flexibility index (Phi) is 5.75. The summed E-state index contributed by atoms with van der Waals surface area (Å²) in [6, 6.07) is 10.1. The summed E-state index contributed by atoms with van der Waals surface area (Å²) < 4.78 is 0. The zero-order valence-electron chi connectivity index (χ0n) is 12.3. The van der Waals surface area contributed by atoms with Crippen LogP contribution < -0.4 is 11.1 Å². The van der Waals surface area contributed by atoms with Crippen LogP contribution in [0.3, 0.4) is 0 Å². The van der Waals surface area contributed by atoms with Crippen LogP contribution in [0.15, 0.2) is 30.3 Å². The first-order valence-electron chi connectivity index (χ1n) is 7.47. The summed E-state index contributed by atoms with van der Waals surface area (Å²) in [5.74, 6) is -0.201. The van der Waals surface area contributed by atoms with Gasteiger partial charge < -0.3 is 11.1 Å². The molecule has 0 bridgehead atoms. The SMILES string of the molecule is NC(=O)C1CCN(CC(=O)NCCc2ccccc2)CC1. The van der Waals surface area contributed by atoms with Gasteiger partial charge in [-0.2, -0.15) is 0 Å². The van der Waals surface area contributed by atoms with Crippen molar-refractivity contribution in [1.29, 1.82) is 0 Å². The van der Waals surface area contributed by atoms with Crippen molar-refractivity contribution in [2.45, 2.75) is 19.3 Å². The molecule has 1 fully saturated rings. The lowest BCUT2D eigenvalue weighted by Gasteiger charge is -2.29. The minimum Gasteiger partial charge on any atom is -0.369 e. The van der Waals surface area contributed by atoms with Gasteiger partial charge in [0.25, 0.3) is 0 Å². The third kappa shape index (κ3) is 5.19. The second-order valence-corrected chi connectivity index (χ2v) is 5.54. The monoisotopic (exact) mass is 289 g/mol. The molecule has 1 aliphatic heterocycles. The van der Waals surface area contributed by atoms with Gasteiger partial charge in [0, 0.05) is 12.5 Å². The lowest BCUT2D eigenvalue weighted by Crippen LogP contribution is -2.43. The van der Waals surface area contributed by atoms with E-state index in [1.807, 2.05) is 18.2 Å². The molecule has 114 valence electrons. The minimum atomic E-state index is -0.220. The van der Waals surface area contributed by atoms with Crippen molar-refractivity contribution in [3.8, 4) is 0 Å². The van der Waals surface area contributed by atoms with Gasteiger partial charge in [-0.25, -0.2) is 0 Å². The molecule has 0 unspecified atom stereocenters. The van der Waals surface area contributed by atoms with Crippen molar-refractivity contribution in [3.63, 3.8) is 0 Å². The molecule has 0 saturated carbocycles.